The van der Waals surface area contributed by atoms with E-state index in [1.807, 2.05) is 42.5 Å². The molecule has 6 rings (SSSR count). The fourth-order valence-corrected chi connectivity index (χ4v) is 7.77. The van der Waals surface area contributed by atoms with Gasteiger partial charge in [-0.15, -0.1) is 0 Å². The maximum Gasteiger partial charge on any atom is 0.306 e. The average Bonchev–Trinajstić information content (AvgIpc) is 3.20. The van der Waals surface area contributed by atoms with Crippen LogP contribution in [-0.4, -0.2) is 110 Å². The molecule has 0 bridgehead atoms. The summed E-state index contributed by atoms with van der Waals surface area (Å²) in [5.74, 6) is -0.210. The first-order valence-electron chi connectivity index (χ1n) is 19.6. The van der Waals surface area contributed by atoms with Gasteiger partial charge < -0.3 is 24.8 Å². The summed E-state index contributed by atoms with van der Waals surface area (Å²) in [7, 11) is 0. The fourth-order valence-electron chi connectivity index (χ4n) is 7.77. The second kappa shape index (κ2) is 19.7. The van der Waals surface area contributed by atoms with Gasteiger partial charge in [-0.3, -0.25) is 14.5 Å². The highest BCUT2D eigenvalue weighted by atomic mass is 16.5. The molecule has 274 valence electrons. The van der Waals surface area contributed by atoms with Crippen molar-refractivity contribution in [3.8, 4) is 11.3 Å². The van der Waals surface area contributed by atoms with E-state index in [-0.39, 0.29) is 11.9 Å². The maximum absolute atomic E-state index is 13.0. The van der Waals surface area contributed by atoms with Crippen LogP contribution in [0.5, 0.6) is 0 Å². The molecule has 1 aromatic heterocycles. The normalized spacial score (nSPS) is 18.1. The first kappa shape index (κ1) is 37.0. The van der Waals surface area contributed by atoms with E-state index in [9.17, 15) is 9.59 Å². The third-order valence-electron chi connectivity index (χ3n) is 10.9. The van der Waals surface area contributed by atoms with Crippen molar-refractivity contribution in [3.63, 3.8) is 0 Å². The Hall–Kier alpha value is -3.79. The molecule has 0 atom stereocenters. The lowest BCUT2D eigenvalue weighted by Gasteiger charge is -2.40. The molecule has 1 N–H and O–H groups in total. The Morgan fingerprint density at radius 1 is 0.706 bits per heavy atom. The van der Waals surface area contributed by atoms with Crippen LogP contribution in [-0.2, 0) is 16.1 Å². The molecule has 4 heterocycles. The number of ether oxygens (including phenoxy) is 1. The van der Waals surface area contributed by atoms with Crippen LogP contribution in [0.25, 0.3) is 11.3 Å². The van der Waals surface area contributed by atoms with Crippen molar-refractivity contribution >= 4 is 17.6 Å². The molecule has 1 amide bonds. The van der Waals surface area contributed by atoms with Crippen LogP contribution in [0.2, 0.25) is 0 Å². The van der Waals surface area contributed by atoms with Crippen molar-refractivity contribution < 1.29 is 14.3 Å². The smallest absolute Gasteiger partial charge is 0.306 e. The molecule has 3 aromatic rings. The number of amides is 1. The Labute approximate surface area is 305 Å². The Bertz CT molecular complexity index is 1480. The van der Waals surface area contributed by atoms with Crippen molar-refractivity contribution in [1.29, 1.82) is 0 Å². The number of nitrogens with zero attached hydrogens (tertiary/aromatic N) is 5. The van der Waals surface area contributed by atoms with Crippen LogP contribution >= 0.6 is 0 Å². The van der Waals surface area contributed by atoms with Crippen molar-refractivity contribution in [3.05, 3.63) is 84.1 Å². The molecule has 0 aliphatic carbocycles. The molecule has 0 radical (unpaired) electrons. The van der Waals surface area contributed by atoms with Gasteiger partial charge in [0.15, 0.2) is 0 Å². The number of pyridine rings is 1. The predicted octanol–water partition coefficient (Wildman–Crippen LogP) is 6.24. The number of carbonyl (C=O) groups is 2. The van der Waals surface area contributed by atoms with E-state index < -0.39 is 0 Å². The molecular weight excluding hydrogens is 637 g/mol. The highest BCUT2D eigenvalue weighted by molar-refractivity contribution is 5.92. The van der Waals surface area contributed by atoms with E-state index in [0.717, 1.165) is 87.8 Å². The molecule has 3 aliphatic rings. The number of piperidine rings is 2. The molecule has 3 saturated heterocycles. The zero-order valence-corrected chi connectivity index (χ0v) is 30.5. The van der Waals surface area contributed by atoms with Gasteiger partial charge in [-0.05, 0) is 114 Å². The number of carbonyl (C=O) groups excluding carboxylic acids is 2. The highest BCUT2D eigenvalue weighted by Crippen LogP contribution is 2.24. The number of hydrogen-bond acceptors (Lipinski definition) is 8. The number of piperazine rings is 1. The number of anilines is 1. The summed E-state index contributed by atoms with van der Waals surface area (Å²) in [6.45, 7) is 12.1. The summed E-state index contributed by atoms with van der Waals surface area (Å²) in [4.78, 5) is 40.0. The minimum atomic E-state index is -0.109. The van der Waals surface area contributed by atoms with E-state index >= 15 is 0 Å². The molecule has 0 unspecified atom stereocenters. The summed E-state index contributed by atoms with van der Waals surface area (Å²) in [5.41, 5.74) is 4.55. The molecule has 9 heteroatoms. The summed E-state index contributed by atoms with van der Waals surface area (Å²) >= 11 is 0. The van der Waals surface area contributed by atoms with Crippen molar-refractivity contribution in [1.82, 2.24) is 25.0 Å². The molecule has 2 aromatic carbocycles. The maximum atomic E-state index is 13.0. The van der Waals surface area contributed by atoms with E-state index in [0.29, 0.717) is 25.3 Å². The molecular formula is C42H58N6O3. The van der Waals surface area contributed by atoms with Crippen LogP contribution in [0.4, 0.5) is 5.69 Å². The average molecular weight is 695 g/mol. The Balaban J connectivity index is 0.844. The van der Waals surface area contributed by atoms with Gasteiger partial charge in [-0.25, -0.2) is 4.98 Å². The summed E-state index contributed by atoms with van der Waals surface area (Å²) in [6, 6.07) is 24.9. The first-order chi connectivity index (χ1) is 25.1. The highest BCUT2D eigenvalue weighted by Gasteiger charge is 2.25. The number of likely N-dealkylation sites (tertiary alicyclic amines) is 2. The third-order valence-corrected chi connectivity index (χ3v) is 10.9. The van der Waals surface area contributed by atoms with Crippen LogP contribution in [0.3, 0.4) is 0 Å². The Kier molecular flexibility index (Phi) is 14.3. The number of benzene rings is 2. The van der Waals surface area contributed by atoms with Gasteiger partial charge >= 0.3 is 5.97 Å². The quantitative estimate of drug-likeness (QED) is 0.139. The number of aromatic nitrogens is 1. The zero-order chi connectivity index (χ0) is 35.1. The minimum absolute atomic E-state index is 0.100. The summed E-state index contributed by atoms with van der Waals surface area (Å²) in [6.07, 6.45) is 11.2. The van der Waals surface area contributed by atoms with Gasteiger partial charge in [-0.1, -0.05) is 61.4 Å². The standard InChI is InChI=1S/C42H58N6O3/c49-41(51-34-35-12-4-1-5-13-35)16-6-2-7-24-46-30-32-48(33-31-46)37-19-17-36(18-20-37)39-14-10-15-40(44-39)42(50)43-23-11-25-45-28-21-38(22-29-45)47-26-8-3-9-27-47/h1,4-5,10,12-15,17-20,38H,2-3,6-9,11,16,21-34H2,(H,43,50). The molecule has 0 saturated carbocycles. The van der Waals surface area contributed by atoms with E-state index in [1.54, 1.807) is 6.07 Å². The number of esters is 1. The monoisotopic (exact) mass is 694 g/mol. The predicted molar refractivity (Wildman–Crippen MR) is 205 cm³/mol. The topological polar surface area (TPSA) is 81.3 Å². The Morgan fingerprint density at radius 3 is 2.20 bits per heavy atom. The van der Waals surface area contributed by atoms with Crippen LogP contribution in [0.1, 0.15) is 80.3 Å². The van der Waals surface area contributed by atoms with E-state index in [4.69, 9.17) is 9.72 Å². The van der Waals surface area contributed by atoms with Crippen molar-refractivity contribution in [2.45, 2.75) is 76.9 Å². The number of nitrogens with one attached hydrogen (secondary N) is 1. The molecule has 3 aliphatic heterocycles. The van der Waals surface area contributed by atoms with Crippen molar-refractivity contribution in [2.75, 3.05) is 76.9 Å². The lowest BCUT2D eigenvalue weighted by Crippen LogP contribution is -2.47. The van der Waals surface area contributed by atoms with Gasteiger partial charge in [0.2, 0.25) is 0 Å². The molecule has 3 fully saturated rings. The number of rotatable bonds is 16. The second-order valence-electron chi connectivity index (χ2n) is 14.5. The lowest BCUT2D eigenvalue weighted by molar-refractivity contribution is -0.145. The molecule has 9 nitrogen and oxygen atoms in total. The number of unbranched alkanes of at least 4 members (excludes halogenated alkanes) is 2. The van der Waals surface area contributed by atoms with Crippen LogP contribution in [0.15, 0.2) is 72.8 Å². The molecule has 51 heavy (non-hydrogen) atoms. The van der Waals surface area contributed by atoms with Gasteiger partial charge in [-0.2, -0.15) is 0 Å². The van der Waals surface area contributed by atoms with Crippen molar-refractivity contribution in [2.24, 2.45) is 0 Å². The van der Waals surface area contributed by atoms with Gasteiger partial charge in [0.05, 0.1) is 5.69 Å². The largest absolute Gasteiger partial charge is 0.461 e. The van der Waals surface area contributed by atoms with Gasteiger partial charge in [0, 0.05) is 56.4 Å². The minimum Gasteiger partial charge on any atom is -0.461 e. The summed E-state index contributed by atoms with van der Waals surface area (Å²) < 4.78 is 5.40. The number of hydrogen-bond donors (Lipinski definition) is 1. The lowest BCUT2D eigenvalue weighted by atomic mass is 10.00. The van der Waals surface area contributed by atoms with E-state index in [1.165, 1.54) is 64.0 Å². The fraction of sp³-hybridized carbons (Fsp3) is 0.548. The third kappa shape index (κ3) is 11.6. The van der Waals surface area contributed by atoms with Gasteiger partial charge in [0.1, 0.15) is 12.3 Å². The van der Waals surface area contributed by atoms with Crippen LogP contribution in [0, 0.1) is 0 Å². The van der Waals surface area contributed by atoms with Crippen LogP contribution < -0.4 is 10.2 Å². The summed E-state index contributed by atoms with van der Waals surface area (Å²) in [5, 5.41) is 3.10. The zero-order valence-electron chi connectivity index (χ0n) is 30.5. The molecule has 0 spiro atoms. The Morgan fingerprint density at radius 2 is 1.43 bits per heavy atom. The second-order valence-corrected chi connectivity index (χ2v) is 14.5. The van der Waals surface area contributed by atoms with E-state index in [2.05, 4.69) is 49.2 Å². The SMILES string of the molecule is O=C(CCCCCN1CCN(c2ccc(-c3cccc(C(=O)NCCCN4CCC(N5CCCCC5)CC4)n3)cc2)CC1)OCc1ccccc1. The van der Waals surface area contributed by atoms with Gasteiger partial charge in [0.25, 0.3) is 5.91 Å². The first-order valence-corrected chi connectivity index (χ1v) is 19.6.